The number of thiazole rings is 1. The Kier molecular flexibility index (Phi) is 4.09. The molecule has 0 spiro atoms. The van der Waals surface area contributed by atoms with Crippen molar-refractivity contribution in [3.05, 3.63) is 28.6 Å². The van der Waals surface area contributed by atoms with Gasteiger partial charge in [0.15, 0.2) is 0 Å². The summed E-state index contributed by atoms with van der Waals surface area (Å²) in [6.07, 6.45) is 2.29. The number of aromatic nitrogens is 1. The van der Waals surface area contributed by atoms with Crippen LogP contribution in [0.2, 0.25) is 0 Å². The fourth-order valence-corrected chi connectivity index (χ4v) is 3.44. The zero-order chi connectivity index (χ0) is 11.4. The van der Waals surface area contributed by atoms with Gasteiger partial charge in [0.2, 0.25) is 0 Å². The van der Waals surface area contributed by atoms with E-state index in [-0.39, 0.29) is 0 Å². The maximum atomic E-state index is 5.79. The van der Waals surface area contributed by atoms with Crippen LogP contribution in [0.3, 0.4) is 0 Å². The van der Waals surface area contributed by atoms with Gasteiger partial charge in [-0.25, -0.2) is 4.98 Å². The first kappa shape index (κ1) is 11.8. The van der Waals surface area contributed by atoms with E-state index in [2.05, 4.69) is 29.8 Å². The Morgan fingerprint density at radius 1 is 1.44 bits per heavy atom. The molecule has 0 radical (unpaired) electrons. The van der Waals surface area contributed by atoms with Crippen molar-refractivity contribution in [1.82, 2.24) is 4.98 Å². The van der Waals surface area contributed by atoms with Gasteiger partial charge in [-0.05, 0) is 17.9 Å². The molecule has 86 valence electrons. The second kappa shape index (κ2) is 5.57. The smallest absolute Gasteiger partial charge is 0.133 e. The SMILES string of the molecule is CCCC(CN)c1csc(-c2cccs2)n1. The van der Waals surface area contributed by atoms with Crippen LogP contribution in [0.1, 0.15) is 31.4 Å². The summed E-state index contributed by atoms with van der Waals surface area (Å²) in [6.45, 7) is 2.89. The first-order valence-corrected chi connectivity index (χ1v) is 7.30. The maximum Gasteiger partial charge on any atom is 0.133 e. The number of hydrogen-bond donors (Lipinski definition) is 1. The van der Waals surface area contributed by atoms with Gasteiger partial charge in [0.25, 0.3) is 0 Å². The predicted molar refractivity (Wildman–Crippen MR) is 72.1 cm³/mol. The summed E-state index contributed by atoms with van der Waals surface area (Å²) in [5.41, 5.74) is 6.95. The van der Waals surface area contributed by atoms with Crippen LogP contribution in [-0.4, -0.2) is 11.5 Å². The lowest BCUT2D eigenvalue weighted by molar-refractivity contribution is 0.610. The van der Waals surface area contributed by atoms with E-state index in [0.29, 0.717) is 12.5 Å². The second-order valence-corrected chi connectivity index (χ2v) is 5.58. The van der Waals surface area contributed by atoms with Crippen molar-refractivity contribution in [1.29, 1.82) is 0 Å². The molecule has 2 aromatic heterocycles. The Morgan fingerprint density at radius 3 is 2.94 bits per heavy atom. The van der Waals surface area contributed by atoms with Crippen molar-refractivity contribution < 1.29 is 0 Å². The average molecular weight is 252 g/mol. The lowest BCUT2D eigenvalue weighted by atomic mass is 10.0. The highest BCUT2D eigenvalue weighted by molar-refractivity contribution is 7.20. The van der Waals surface area contributed by atoms with Crippen LogP contribution >= 0.6 is 22.7 Å². The van der Waals surface area contributed by atoms with Gasteiger partial charge in [-0.3, -0.25) is 0 Å². The molecule has 1 unspecified atom stereocenters. The highest BCUT2D eigenvalue weighted by Crippen LogP contribution is 2.31. The standard InChI is InChI=1S/C12H16N2S2/c1-2-4-9(7-13)10-8-16-12(14-10)11-5-3-6-15-11/h3,5-6,8-9H,2,4,7,13H2,1H3. The summed E-state index contributed by atoms with van der Waals surface area (Å²) in [5.74, 6) is 0.426. The molecule has 1 atom stereocenters. The maximum absolute atomic E-state index is 5.79. The van der Waals surface area contributed by atoms with Gasteiger partial charge in [-0.15, -0.1) is 22.7 Å². The molecular formula is C12H16N2S2. The summed E-state index contributed by atoms with van der Waals surface area (Å²) in [4.78, 5) is 5.94. The monoisotopic (exact) mass is 252 g/mol. The molecule has 0 aliphatic rings. The van der Waals surface area contributed by atoms with E-state index in [4.69, 9.17) is 10.7 Å². The quantitative estimate of drug-likeness (QED) is 0.881. The lowest BCUT2D eigenvalue weighted by Crippen LogP contribution is -2.12. The Hall–Kier alpha value is -0.710. The molecule has 0 bridgehead atoms. The van der Waals surface area contributed by atoms with Crippen LogP contribution < -0.4 is 5.73 Å². The molecule has 0 amide bonds. The zero-order valence-corrected chi connectivity index (χ0v) is 11.0. The van der Waals surface area contributed by atoms with E-state index in [1.165, 1.54) is 4.88 Å². The van der Waals surface area contributed by atoms with E-state index >= 15 is 0 Å². The molecule has 0 saturated carbocycles. The Labute approximate surface area is 104 Å². The average Bonchev–Trinajstić information content (AvgIpc) is 2.95. The van der Waals surface area contributed by atoms with Gasteiger partial charge in [-0.2, -0.15) is 0 Å². The van der Waals surface area contributed by atoms with Crippen LogP contribution in [0.25, 0.3) is 9.88 Å². The summed E-state index contributed by atoms with van der Waals surface area (Å²) in [6, 6.07) is 4.18. The number of nitrogens with two attached hydrogens (primary N) is 1. The van der Waals surface area contributed by atoms with E-state index in [9.17, 15) is 0 Å². The molecule has 0 fully saturated rings. The minimum Gasteiger partial charge on any atom is -0.330 e. The highest BCUT2D eigenvalue weighted by atomic mass is 32.1. The van der Waals surface area contributed by atoms with Gasteiger partial charge in [0.1, 0.15) is 5.01 Å². The minimum absolute atomic E-state index is 0.426. The first-order valence-electron chi connectivity index (χ1n) is 5.54. The fourth-order valence-electron chi connectivity index (χ4n) is 1.72. The zero-order valence-electron chi connectivity index (χ0n) is 9.35. The van der Waals surface area contributed by atoms with E-state index < -0.39 is 0 Å². The first-order chi connectivity index (χ1) is 7.85. The van der Waals surface area contributed by atoms with Gasteiger partial charge >= 0.3 is 0 Å². The number of nitrogens with zero attached hydrogens (tertiary/aromatic N) is 1. The Bertz CT molecular complexity index is 420. The highest BCUT2D eigenvalue weighted by Gasteiger charge is 2.13. The van der Waals surface area contributed by atoms with Gasteiger partial charge in [0.05, 0.1) is 10.6 Å². The lowest BCUT2D eigenvalue weighted by Gasteiger charge is -2.09. The van der Waals surface area contributed by atoms with Crippen LogP contribution in [0.4, 0.5) is 0 Å². The van der Waals surface area contributed by atoms with E-state index in [1.807, 2.05) is 0 Å². The van der Waals surface area contributed by atoms with Crippen LogP contribution in [0.5, 0.6) is 0 Å². The fraction of sp³-hybridized carbons (Fsp3) is 0.417. The van der Waals surface area contributed by atoms with Gasteiger partial charge < -0.3 is 5.73 Å². The number of thiophene rings is 1. The van der Waals surface area contributed by atoms with Crippen molar-refractivity contribution in [2.24, 2.45) is 5.73 Å². The van der Waals surface area contributed by atoms with Crippen molar-refractivity contribution in [2.45, 2.75) is 25.7 Å². The molecule has 0 aliphatic heterocycles. The molecule has 0 aromatic carbocycles. The van der Waals surface area contributed by atoms with Crippen molar-refractivity contribution in [2.75, 3.05) is 6.54 Å². The van der Waals surface area contributed by atoms with Crippen molar-refractivity contribution in [3.63, 3.8) is 0 Å². The van der Waals surface area contributed by atoms with Gasteiger partial charge in [-0.1, -0.05) is 19.4 Å². The molecule has 2 nitrogen and oxygen atoms in total. The van der Waals surface area contributed by atoms with Crippen molar-refractivity contribution in [3.8, 4) is 9.88 Å². The summed E-state index contributed by atoms with van der Waals surface area (Å²) < 4.78 is 0. The molecule has 16 heavy (non-hydrogen) atoms. The summed E-state index contributed by atoms with van der Waals surface area (Å²) >= 11 is 3.46. The topological polar surface area (TPSA) is 38.9 Å². The third-order valence-electron chi connectivity index (χ3n) is 2.59. The normalized spacial score (nSPS) is 12.9. The molecule has 2 N–H and O–H groups in total. The van der Waals surface area contributed by atoms with Crippen LogP contribution in [0.15, 0.2) is 22.9 Å². The third-order valence-corrected chi connectivity index (χ3v) is 4.49. The molecule has 0 saturated heterocycles. The predicted octanol–water partition coefficient (Wildman–Crippen LogP) is 3.71. The van der Waals surface area contributed by atoms with Crippen LogP contribution in [0, 0.1) is 0 Å². The minimum atomic E-state index is 0.426. The number of rotatable bonds is 5. The second-order valence-electron chi connectivity index (χ2n) is 3.78. The Morgan fingerprint density at radius 2 is 2.31 bits per heavy atom. The summed E-state index contributed by atoms with van der Waals surface area (Å²) in [7, 11) is 0. The third kappa shape index (κ3) is 2.51. The molecular weight excluding hydrogens is 236 g/mol. The molecule has 2 rings (SSSR count). The Balaban J connectivity index is 2.18. The number of hydrogen-bond acceptors (Lipinski definition) is 4. The van der Waals surface area contributed by atoms with E-state index in [1.54, 1.807) is 22.7 Å². The molecule has 2 heterocycles. The summed E-state index contributed by atoms with van der Waals surface area (Å²) in [5, 5.41) is 5.37. The van der Waals surface area contributed by atoms with Crippen LogP contribution in [-0.2, 0) is 0 Å². The molecule has 4 heteroatoms. The van der Waals surface area contributed by atoms with E-state index in [0.717, 1.165) is 23.5 Å². The van der Waals surface area contributed by atoms with Gasteiger partial charge in [0, 0.05) is 17.8 Å². The molecule has 0 aliphatic carbocycles. The molecule has 2 aromatic rings. The van der Waals surface area contributed by atoms with Crippen molar-refractivity contribution >= 4 is 22.7 Å². The largest absolute Gasteiger partial charge is 0.330 e.